The highest BCUT2D eigenvalue weighted by Gasteiger charge is 2.18. The van der Waals surface area contributed by atoms with Crippen LogP contribution in [0.4, 0.5) is 0 Å². The molecule has 2 N–H and O–H groups in total. The van der Waals surface area contributed by atoms with E-state index in [0.29, 0.717) is 0 Å². The second-order valence-electron chi connectivity index (χ2n) is 2.71. The lowest BCUT2D eigenvalue weighted by atomic mass is 10.3. The molecule has 0 atom stereocenters. The minimum atomic E-state index is -3.89. The fourth-order valence-corrected chi connectivity index (χ4v) is 2.26. The van der Waals surface area contributed by atoms with Crippen molar-refractivity contribution in [3.8, 4) is 5.75 Å². The lowest BCUT2D eigenvalue weighted by Gasteiger charge is -2.09. The number of rotatable bonds is 4. The van der Waals surface area contributed by atoms with Gasteiger partial charge in [0.25, 0.3) is 0 Å². The van der Waals surface area contributed by atoms with Gasteiger partial charge in [-0.1, -0.05) is 30.3 Å². The van der Waals surface area contributed by atoms with E-state index >= 15 is 0 Å². The monoisotopic (exact) mass is 247 g/mol. The summed E-state index contributed by atoms with van der Waals surface area (Å²) in [6.45, 7) is 3.63. The summed E-state index contributed by atoms with van der Waals surface area (Å²) in [7, 11) is -3.89. The highest BCUT2D eigenvalue weighted by molar-refractivity contribution is 7.89. The number of sulfonamides is 1. The van der Waals surface area contributed by atoms with E-state index in [4.69, 9.17) is 21.5 Å². The number of primary sulfonamides is 1. The van der Waals surface area contributed by atoms with Crippen LogP contribution in [0.25, 0.3) is 0 Å². The van der Waals surface area contributed by atoms with Gasteiger partial charge in [-0.2, -0.15) is 0 Å². The number of halogens is 1. The van der Waals surface area contributed by atoms with Gasteiger partial charge in [0.05, 0.1) is 5.02 Å². The zero-order chi connectivity index (χ0) is 11.5. The molecule has 15 heavy (non-hydrogen) atoms. The van der Waals surface area contributed by atoms with Crippen LogP contribution in [-0.4, -0.2) is 15.0 Å². The zero-order valence-electron chi connectivity index (χ0n) is 7.81. The van der Waals surface area contributed by atoms with Gasteiger partial charge < -0.3 is 4.74 Å². The maximum atomic E-state index is 11.2. The highest BCUT2D eigenvalue weighted by Crippen LogP contribution is 2.29. The van der Waals surface area contributed by atoms with Gasteiger partial charge in [-0.05, 0) is 12.1 Å². The van der Waals surface area contributed by atoms with E-state index in [1.807, 2.05) is 0 Å². The molecule has 0 aliphatic rings. The molecule has 0 heterocycles. The molecule has 0 unspecified atom stereocenters. The van der Waals surface area contributed by atoms with Crippen molar-refractivity contribution in [3.05, 3.63) is 35.9 Å². The molecule has 0 radical (unpaired) electrons. The largest absolute Gasteiger partial charge is 0.488 e. The smallest absolute Gasteiger partial charge is 0.243 e. The molecule has 1 aromatic rings. The topological polar surface area (TPSA) is 69.4 Å². The first-order valence-electron chi connectivity index (χ1n) is 4.02. The number of nitrogens with two attached hydrogens (primary N) is 1. The van der Waals surface area contributed by atoms with Gasteiger partial charge in [0, 0.05) is 0 Å². The Morgan fingerprint density at radius 2 is 2.20 bits per heavy atom. The second-order valence-corrected chi connectivity index (χ2v) is 4.62. The van der Waals surface area contributed by atoms with E-state index in [9.17, 15) is 8.42 Å². The fraction of sp³-hybridized carbons (Fsp3) is 0.111. The van der Waals surface area contributed by atoms with Crippen molar-refractivity contribution in [2.24, 2.45) is 5.14 Å². The van der Waals surface area contributed by atoms with E-state index in [1.165, 1.54) is 18.2 Å². The summed E-state index contributed by atoms with van der Waals surface area (Å²) in [4.78, 5) is -0.200. The molecule has 0 saturated heterocycles. The number of hydrogen-bond acceptors (Lipinski definition) is 3. The van der Waals surface area contributed by atoms with E-state index in [0.717, 1.165) is 0 Å². The molecule has 0 amide bonds. The van der Waals surface area contributed by atoms with Crippen LogP contribution in [0.3, 0.4) is 0 Å². The Hall–Kier alpha value is -1.04. The van der Waals surface area contributed by atoms with Crippen molar-refractivity contribution in [1.29, 1.82) is 0 Å². The van der Waals surface area contributed by atoms with Gasteiger partial charge in [-0.15, -0.1) is 0 Å². The molecular weight excluding hydrogens is 238 g/mol. The first kappa shape index (κ1) is 12.0. The van der Waals surface area contributed by atoms with Gasteiger partial charge >= 0.3 is 0 Å². The van der Waals surface area contributed by atoms with Crippen LogP contribution in [0.1, 0.15) is 0 Å². The molecule has 4 nitrogen and oxygen atoms in total. The lowest BCUT2D eigenvalue weighted by Crippen LogP contribution is -2.14. The van der Waals surface area contributed by atoms with Gasteiger partial charge in [-0.25, -0.2) is 13.6 Å². The molecule has 1 aromatic carbocycles. The average Bonchev–Trinajstić information content (AvgIpc) is 2.12. The third kappa shape index (κ3) is 2.95. The van der Waals surface area contributed by atoms with Gasteiger partial charge in [0.2, 0.25) is 10.0 Å². The van der Waals surface area contributed by atoms with Gasteiger partial charge in [0.15, 0.2) is 0 Å². The van der Waals surface area contributed by atoms with E-state index < -0.39 is 10.0 Å². The number of hydrogen-bond donors (Lipinski definition) is 1. The molecule has 0 aromatic heterocycles. The summed E-state index contributed by atoms with van der Waals surface area (Å²) in [5, 5.41) is 5.05. The van der Waals surface area contributed by atoms with Crippen LogP contribution in [0.15, 0.2) is 35.7 Å². The normalized spacial score (nSPS) is 11.1. The Balaban J connectivity index is 3.27. The molecule has 0 fully saturated rings. The Bertz CT molecular complexity index is 470. The third-order valence-corrected chi connectivity index (χ3v) is 2.99. The summed E-state index contributed by atoms with van der Waals surface area (Å²) in [6, 6.07) is 4.49. The predicted molar refractivity (Wildman–Crippen MR) is 58.5 cm³/mol. The molecule has 0 saturated carbocycles. The van der Waals surface area contributed by atoms with Crippen LogP contribution in [0.2, 0.25) is 5.02 Å². The van der Waals surface area contributed by atoms with Crippen molar-refractivity contribution < 1.29 is 13.2 Å². The van der Waals surface area contributed by atoms with Crippen molar-refractivity contribution in [2.45, 2.75) is 4.90 Å². The minimum Gasteiger partial charge on any atom is -0.488 e. The Morgan fingerprint density at radius 1 is 1.53 bits per heavy atom. The summed E-state index contributed by atoms with van der Waals surface area (Å²) in [6.07, 6.45) is 1.49. The summed E-state index contributed by atoms with van der Waals surface area (Å²) in [5.74, 6) is 0.130. The fourth-order valence-electron chi connectivity index (χ4n) is 1.03. The number of benzene rings is 1. The van der Waals surface area contributed by atoms with Gasteiger partial charge in [-0.3, -0.25) is 0 Å². The summed E-state index contributed by atoms with van der Waals surface area (Å²) in [5.41, 5.74) is 0. The summed E-state index contributed by atoms with van der Waals surface area (Å²) < 4.78 is 27.6. The molecular formula is C9H10ClNO3S. The molecule has 6 heteroatoms. The van der Waals surface area contributed by atoms with Crippen LogP contribution in [0, 0.1) is 0 Å². The maximum absolute atomic E-state index is 11.2. The quantitative estimate of drug-likeness (QED) is 0.821. The maximum Gasteiger partial charge on any atom is 0.243 e. The molecule has 0 aliphatic carbocycles. The SMILES string of the molecule is C=CCOc1cccc(Cl)c1S(N)(=O)=O. The Labute approximate surface area is 93.4 Å². The van der Waals surface area contributed by atoms with Crippen LogP contribution >= 0.6 is 11.6 Å². The predicted octanol–water partition coefficient (Wildman–Crippen LogP) is 1.55. The zero-order valence-corrected chi connectivity index (χ0v) is 9.38. The average molecular weight is 248 g/mol. The van der Waals surface area contributed by atoms with Crippen molar-refractivity contribution >= 4 is 21.6 Å². The minimum absolute atomic E-state index is 0.0408. The molecule has 0 aliphatic heterocycles. The Morgan fingerprint density at radius 3 is 2.73 bits per heavy atom. The molecule has 82 valence electrons. The second kappa shape index (κ2) is 4.65. The first-order valence-corrected chi connectivity index (χ1v) is 5.94. The van der Waals surface area contributed by atoms with E-state index in [-0.39, 0.29) is 22.3 Å². The van der Waals surface area contributed by atoms with Crippen molar-refractivity contribution in [3.63, 3.8) is 0 Å². The van der Waals surface area contributed by atoms with Crippen LogP contribution in [0.5, 0.6) is 5.75 Å². The third-order valence-electron chi connectivity index (χ3n) is 1.57. The first-order chi connectivity index (χ1) is 6.96. The van der Waals surface area contributed by atoms with Crippen LogP contribution < -0.4 is 9.88 Å². The highest BCUT2D eigenvalue weighted by atomic mass is 35.5. The summed E-state index contributed by atoms with van der Waals surface area (Å²) >= 11 is 5.73. The van der Waals surface area contributed by atoms with Crippen LogP contribution in [-0.2, 0) is 10.0 Å². The molecule has 0 spiro atoms. The van der Waals surface area contributed by atoms with Crippen molar-refractivity contribution in [1.82, 2.24) is 0 Å². The standard InChI is InChI=1S/C9H10ClNO3S/c1-2-6-14-8-5-3-4-7(10)9(8)15(11,12)13/h2-5H,1,6H2,(H2,11,12,13). The van der Waals surface area contributed by atoms with Gasteiger partial charge in [0.1, 0.15) is 17.3 Å². The molecule has 1 rings (SSSR count). The van der Waals surface area contributed by atoms with Crippen molar-refractivity contribution in [2.75, 3.05) is 6.61 Å². The lowest BCUT2D eigenvalue weighted by molar-refractivity contribution is 0.353. The van der Waals surface area contributed by atoms with E-state index in [2.05, 4.69) is 6.58 Å². The number of ether oxygens (including phenoxy) is 1. The molecule has 0 bridgehead atoms. The van der Waals surface area contributed by atoms with E-state index in [1.54, 1.807) is 6.07 Å². The Kier molecular flexibility index (Phi) is 3.73.